The van der Waals surface area contributed by atoms with Gasteiger partial charge >= 0.3 is 5.97 Å². The van der Waals surface area contributed by atoms with Gasteiger partial charge in [0.1, 0.15) is 0 Å². The van der Waals surface area contributed by atoms with Crippen molar-refractivity contribution in [1.29, 1.82) is 0 Å². The standard InChI is InChI=1S/C17H19NO2S/c1-17(9-4-10-21-17)11-18-15-8-7-14(16(19)20)12-5-2-3-6-13(12)15/h2-3,5-8,18H,4,9-11H2,1H3,(H,19,20). The van der Waals surface area contributed by atoms with Crippen molar-refractivity contribution in [3.05, 3.63) is 42.0 Å². The molecule has 1 fully saturated rings. The number of carbonyl (C=O) groups is 1. The summed E-state index contributed by atoms with van der Waals surface area (Å²) in [6.07, 6.45) is 2.51. The van der Waals surface area contributed by atoms with Crippen molar-refractivity contribution in [2.75, 3.05) is 17.6 Å². The summed E-state index contributed by atoms with van der Waals surface area (Å²) in [5, 5.41) is 14.6. The van der Waals surface area contributed by atoms with Gasteiger partial charge < -0.3 is 10.4 Å². The highest BCUT2D eigenvalue weighted by Gasteiger charge is 2.29. The largest absolute Gasteiger partial charge is 0.478 e. The summed E-state index contributed by atoms with van der Waals surface area (Å²) in [4.78, 5) is 11.3. The smallest absolute Gasteiger partial charge is 0.336 e. The third-order valence-electron chi connectivity index (χ3n) is 4.11. The van der Waals surface area contributed by atoms with Crippen molar-refractivity contribution in [3.8, 4) is 0 Å². The SMILES string of the molecule is CC1(CNc2ccc(C(=O)O)c3ccccc23)CCCS1. The zero-order valence-electron chi connectivity index (χ0n) is 12.1. The molecule has 110 valence electrons. The minimum absolute atomic E-state index is 0.284. The molecule has 1 aliphatic heterocycles. The summed E-state index contributed by atoms with van der Waals surface area (Å²) >= 11 is 2.02. The summed E-state index contributed by atoms with van der Waals surface area (Å²) in [5.41, 5.74) is 1.38. The molecule has 0 aliphatic carbocycles. The van der Waals surface area contributed by atoms with Crippen LogP contribution in [-0.2, 0) is 0 Å². The number of anilines is 1. The fraction of sp³-hybridized carbons (Fsp3) is 0.353. The third kappa shape index (κ3) is 2.86. The van der Waals surface area contributed by atoms with E-state index < -0.39 is 5.97 Å². The number of carboxylic acids is 1. The number of fused-ring (bicyclic) bond motifs is 1. The molecular weight excluding hydrogens is 282 g/mol. The van der Waals surface area contributed by atoms with Crippen LogP contribution in [0.25, 0.3) is 10.8 Å². The van der Waals surface area contributed by atoms with Crippen LogP contribution in [0.15, 0.2) is 36.4 Å². The van der Waals surface area contributed by atoms with Crippen LogP contribution in [0.1, 0.15) is 30.1 Å². The highest BCUT2D eigenvalue weighted by atomic mass is 32.2. The summed E-state index contributed by atoms with van der Waals surface area (Å²) in [5.74, 6) is 0.354. The average molecular weight is 301 g/mol. The number of benzene rings is 2. The molecule has 4 heteroatoms. The minimum atomic E-state index is -0.879. The summed E-state index contributed by atoms with van der Waals surface area (Å²) in [7, 11) is 0. The lowest BCUT2D eigenvalue weighted by Crippen LogP contribution is -2.27. The van der Waals surface area contributed by atoms with Crippen LogP contribution < -0.4 is 5.32 Å². The second-order valence-corrected chi connectivity index (χ2v) is 7.45. The Balaban J connectivity index is 1.92. The van der Waals surface area contributed by atoms with Crippen molar-refractivity contribution in [2.24, 2.45) is 0 Å². The fourth-order valence-corrected chi connectivity index (χ4v) is 4.14. The predicted molar refractivity (Wildman–Crippen MR) is 89.5 cm³/mol. The van der Waals surface area contributed by atoms with E-state index in [-0.39, 0.29) is 4.75 Å². The normalized spacial score (nSPS) is 21.6. The second kappa shape index (κ2) is 5.60. The second-order valence-electron chi connectivity index (χ2n) is 5.77. The summed E-state index contributed by atoms with van der Waals surface area (Å²) < 4.78 is 0.284. The lowest BCUT2D eigenvalue weighted by molar-refractivity contribution is 0.0699. The van der Waals surface area contributed by atoms with E-state index in [1.165, 1.54) is 18.6 Å². The first-order valence-corrected chi connectivity index (χ1v) is 8.20. The first kappa shape index (κ1) is 14.3. The number of carboxylic acid groups (broad SMARTS) is 1. The van der Waals surface area contributed by atoms with Crippen molar-refractivity contribution >= 4 is 34.2 Å². The molecule has 0 spiro atoms. The molecule has 3 rings (SSSR count). The van der Waals surface area contributed by atoms with Gasteiger partial charge in [0.2, 0.25) is 0 Å². The highest BCUT2D eigenvalue weighted by Crippen LogP contribution is 2.38. The Hall–Kier alpha value is -1.68. The zero-order chi connectivity index (χ0) is 14.9. The van der Waals surface area contributed by atoms with Crippen molar-refractivity contribution < 1.29 is 9.90 Å². The van der Waals surface area contributed by atoms with E-state index in [0.717, 1.165) is 23.0 Å². The molecule has 0 bridgehead atoms. The topological polar surface area (TPSA) is 49.3 Å². The molecule has 0 radical (unpaired) electrons. The van der Waals surface area contributed by atoms with Gasteiger partial charge in [-0.3, -0.25) is 0 Å². The molecule has 2 aromatic carbocycles. The van der Waals surface area contributed by atoms with Gasteiger partial charge in [0.05, 0.1) is 5.56 Å². The van der Waals surface area contributed by atoms with Crippen molar-refractivity contribution in [3.63, 3.8) is 0 Å². The minimum Gasteiger partial charge on any atom is -0.478 e. The molecule has 1 unspecified atom stereocenters. The molecule has 21 heavy (non-hydrogen) atoms. The van der Waals surface area contributed by atoms with Gasteiger partial charge in [0.15, 0.2) is 0 Å². The van der Waals surface area contributed by atoms with Crippen LogP contribution in [0.2, 0.25) is 0 Å². The summed E-state index contributed by atoms with van der Waals surface area (Å²) in [6, 6.07) is 11.3. The number of hydrogen-bond donors (Lipinski definition) is 2. The maximum absolute atomic E-state index is 11.3. The van der Waals surface area contributed by atoms with Gasteiger partial charge in [-0.15, -0.1) is 0 Å². The maximum atomic E-state index is 11.3. The van der Waals surface area contributed by atoms with Crippen molar-refractivity contribution in [2.45, 2.75) is 24.5 Å². The number of hydrogen-bond acceptors (Lipinski definition) is 3. The van der Waals surface area contributed by atoms with Crippen LogP contribution in [0.4, 0.5) is 5.69 Å². The Kier molecular flexibility index (Phi) is 3.81. The van der Waals surface area contributed by atoms with Gasteiger partial charge in [-0.05, 0) is 43.0 Å². The number of thioether (sulfide) groups is 1. The Labute approximate surface area is 128 Å². The quantitative estimate of drug-likeness (QED) is 0.887. The average Bonchev–Trinajstić information content (AvgIpc) is 2.91. The van der Waals surface area contributed by atoms with Crippen LogP contribution >= 0.6 is 11.8 Å². The number of rotatable bonds is 4. The van der Waals surface area contributed by atoms with E-state index in [0.29, 0.717) is 5.56 Å². The van der Waals surface area contributed by atoms with Gasteiger partial charge in [-0.2, -0.15) is 11.8 Å². The molecule has 1 aliphatic rings. The fourth-order valence-electron chi connectivity index (χ4n) is 2.90. The Bertz CT molecular complexity index is 678. The molecule has 3 nitrogen and oxygen atoms in total. The Morgan fingerprint density at radius 3 is 2.71 bits per heavy atom. The van der Waals surface area contributed by atoms with Gasteiger partial charge in [0, 0.05) is 22.4 Å². The van der Waals surface area contributed by atoms with Gasteiger partial charge in [-0.1, -0.05) is 24.3 Å². The van der Waals surface area contributed by atoms with Crippen molar-refractivity contribution in [1.82, 2.24) is 0 Å². The van der Waals surface area contributed by atoms with E-state index in [9.17, 15) is 9.90 Å². The van der Waals surface area contributed by atoms with E-state index in [2.05, 4.69) is 12.2 Å². The molecule has 1 saturated heterocycles. The summed E-state index contributed by atoms with van der Waals surface area (Å²) in [6.45, 7) is 3.21. The van der Waals surface area contributed by atoms with E-state index in [1.807, 2.05) is 42.1 Å². The van der Waals surface area contributed by atoms with Crippen LogP contribution in [0, 0.1) is 0 Å². The van der Waals surface area contributed by atoms with E-state index >= 15 is 0 Å². The molecule has 1 heterocycles. The number of aromatic carboxylic acids is 1. The molecule has 0 saturated carbocycles. The molecule has 0 amide bonds. The lowest BCUT2D eigenvalue weighted by atomic mass is 10.0. The molecule has 2 aromatic rings. The molecule has 2 N–H and O–H groups in total. The molecule has 0 aromatic heterocycles. The van der Waals surface area contributed by atoms with E-state index in [1.54, 1.807) is 6.07 Å². The monoisotopic (exact) mass is 301 g/mol. The zero-order valence-corrected chi connectivity index (χ0v) is 12.9. The van der Waals surface area contributed by atoms with E-state index in [4.69, 9.17) is 0 Å². The first-order valence-electron chi connectivity index (χ1n) is 7.22. The predicted octanol–water partition coefficient (Wildman–Crippen LogP) is 4.24. The third-order valence-corrected chi connectivity index (χ3v) is 5.65. The Morgan fingerprint density at radius 2 is 2.05 bits per heavy atom. The highest BCUT2D eigenvalue weighted by molar-refractivity contribution is 8.00. The Morgan fingerprint density at radius 1 is 1.29 bits per heavy atom. The first-order chi connectivity index (χ1) is 10.1. The van der Waals surface area contributed by atoms with Crippen LogP contribution in [0.3, 0.4) is 0 Å². The molecular formula is C17H19NO2S. The van der Waals surface area contributed by atoms with Crippen LogP contribution in [0.5, 0.6) is 0 Å². The van der Waals surface area contributed by atoms with Gasteiger partial charge in [0.25, 0.3) is 0 Å². The van der Waals surface area contributed by atoms with Gasteiger partial charge in [-0.25, -0.2) is 4.79 Å². The van der Waals surface area contributed by atoms with Crippen LogP contribution in [-0.4, -0.2) is 28.1 Å². The lowest BCUT2D eigenvalue weighted by Gasteiger charge is -2.24. The maximum Gasteiger partial charge on any atom is 0.336 e. The number of nitrogens with one attached hydrogen (secondary N) is 1. The molecule has 1 atom stereocenters.